The van der Waals surface area contributed by atoms with E-state index in [1.807, 2.05) is 0 Å². The fourth-order valence-electron chi connectivity index (χ4n) is 2.89. The number of halogens is 2. The second-order valence-corrected chi connectivity index (χ2v) is 6.56. The number of hydrogen-bond acceptors (Lipinski definition) is 4. The summed E-state index contributed by atoms with van der Waals surface area (Å²) in [4.78, 5) is 37.1. The molecule has 1 fully saturated rings. The van der Waals surface area contributed by atoms with Crippen LogP contribution in [0.2, 0.25) is 5.02 Å². The average molecular weight is 395 g/mol. The zero-order valence-electron chi connectivity index (χ0n) is 14.1. The van der Waals surface area contributed by atoms with Crippen molar-refractivity contribution in [3.8, 4) is 0 Å². The predicted molar refractivity (Wildman–Crippen MR) is 94.3 cm³/mol. The van der Waals surface area contributed by atoms with E-state index in [1.54, 1.807) is 0 Å². The van der Waals surface area contributed by atoms with Crippen LogP contribution >= 0.6 is 11.6 Å². The van der Waals surface area contributed by atoms with E-state index in [2.05, 4.69) is 5.32 Å². The molecule has 1 aromatic heterocycles. The minimum absolute atomic E-state index is 0.0451. The fraction of sp³-hybridized carbons (Fsp3) is 0.278. The smallest absolute Gasteiger partial charge is 0.371 e. The lowest BCUT2D eigenvalue weighted by molar-refractivity contribution is -0.121. The van der Waals surface area contributed by atoms with Gasteiger partial charge in [-0.1, -0.05) is 11.6 Å². The van der Waals surface area contributed by atoms with Crippen LogP contribution in [0.1, 0.15) is 34.0 Å². The summed E-state index contributed by atoms with van der Waals surface area (Å²) in [5.74, 6) is -3.09. The monoisotopic (exact) mass is 394 g/mol. The minimum atomic E-state index is -1.25. The third-order valence-electron chi connectivity index (χ3n) is 4.37. The maximum Gasteiger partial charge on any atom is 0.371 e. The van der Waals surface area contributed by atoms with Gasteiger partial charge in [-0.05, 0) is 43.2 Å². The molecule has 0 spiro atoms. The van der Waals surface area contributed by atoms with Gasteiger partial charge in [0.05, 0.1) is 5.02 Å². The highest BCUT2D eigenvalue weighted by atomic mass is 35.5. The molecule has 0 atom stereocenters. The van der Waals surface area contributed by atoms with Crippen LogP contribution in [0.3, 0.4) is 0 Å². The summed E-state index contributed by atoms with van der Waals surface area (Å²) in [5.41, 5.74) is 0.404. The van der Waals surface area contributed by atoms with Gasteiger partial charge in [-0.25, -0.2) is 9.18 Å². The van der Waals surface area contributed by atoms with E-state index >= 15 is 0 Å². The normalized spacial score (nSPS) is 14.8. The maximum absolute atomic E-state index is 13.2. The Kier molecular flexibility index (Phi) is 5.46. The SMILES string of the molecule is O=C(O)c1ccc(C(=O)N2CCC(C(=O)Nc3ccc(F)c(Cl)c3)CC2)o1. The Labute approximate surface area is 158 Å². The van der Waals surface area contributed by atoms with Crippen LogP contribution in [0.4, 0.5) is 10.1 Å². The van der Waals surface area contributed by atoms with Crippen LogP contribution in [0.15, 0.2) is 34.7 Å². The standard InChI is InChI=1S/C18H16ClFN2O5/c19-12-9-11(1-2-13(12)20)21-16(23)10-5-7-22(8-6-10)17(24)14-3-4-15(27-14)18(25)26/h1-4,9-10H,5-8H2,(H,21,23)(H,25,26). The van der Waals surface area contributed by atoms with Gasteiger partial charge in [0.1, 0.15) is 5.82 Å². The predicted octanol–water partition coefficient (Wildman–Crippen LogP) is 3.26. The van der Waals surface area contributed by atoms with E-state index in [9.17, 15) is 18.8 Å². The zero-order chi connectivity index (χ0) is 19.6. The number of amides is 2. The number of carbonyl (C=O) groups excluding carboxylic acids is 2. The van der Waals surface area contributed by atoms with Crippen LogP contribution in [0, 0.1) is 11.7 Å². The van der Waals surface area contributed by atoms with E-state index in [0.29, 0.717) is 31.6 Å². The number of hydrogen-bond donors (Lipinski definition) is 2. The molecule has 27 heavy (non-hydrogen) atoms. The van der Waals surface area contributed by atoms with Crippen LogP contribution in [0.25, 0.3) is 0 Å². The maximum atomic E-state index is 13.2. The first kappa shape index (κ1) is 18.9. The molecular formula is C18H16ClFN2O5. The molecule has 9 heteroatoms. The summed E-state index contributed by atoms with van der Waals surface area (Å²) in [6.45, 7) is 0.675. The van der Waals surface area contributed by atoms with Crippen LogP contribution < -0.4 is 5.32 Å². The van der Waals surface area contributed by atoms with Crippen molar-refractivity contribution in [3.05, 3.63) is 52.7 Å². The van der Waals surface area contributed by atoms with E-state index in [0.717, 1.165) is 0 Å². The van der Waals surface area contributed by atoms with Crippen molar-refractivity contribution in [1.82, 2.24) is 4.90 Å². The number of carbonyl (C=O) groups is 3. The Morgan fingerprint density at radius 1 is 1.15 bits per heavy atom. The molecule has 0 bridgehead atoms. The fourth-order valence-corrected chi connectivity index (χ4v) is 3.07. The van der Waals surface area contributed by atoms with Crippen molar-refractivity contribution < 1.29 is 28.3 Å². The lowest BCUT2D eigenvalue weighted by atomic mass is 9.95. The van der Waals surface area contributed by atoms with Gasteiger partial charge in [-0.3, -0.25) is 9.59 Å². The number of carboxylic acids is 1. The molecule has 3 rings (SSSR count). The van der Waals surface area contributed by atoms with E-state index in [1.165, 1.54) is 35.2 Å². The van der Waals surface area contributed by atoms with Gasteiger partial charge >= 0.3 is 5.97 Å². The van der Waals surface area contributed by atoms with Gasteiger partial charge in [0.15, 0.2) is 5.76 Å². The lowest BCUT2D eigenvalue weighted by Crippen LogP contribution is -2.41. The van der Waals surface area contributed by atoms with Gasteiger partial charge in [0.25, 0.3) is 5.91 Å². The molecule has 7 nitrogen and oxygen atoms in total. The second-order valence-electron chi connectivity index (χ2n) is 6.15. The highest BCUT2D eigenvalue weighted by Gasteiger charge is 2.29. The number of furan rings is 1. The molecule has 2 heterocycles. The van der Waals surface area contributed by atoms with Gasteiger partial charge < -0.3 is 19.7 Å². The molecule has 2 amide bonds. The molecule has 1 aromatic carbocycles. The molecule has 0 unspecified atom stereocenters. The molecule has 2 N–H and O–H groups in total. The average Bonchev–Trinajstić information content (AvgIpc) is 3.15. The highest BCUT2D eigenvalue weighted by molar-refractivity contribution is 6.31. The summed E-state index contributed by atoms with van der Waals surface area (Å²) in [5, 5.41) is 11.5. The number of carboxylic acid groups (broad SMARTS) is 1. The van der Waals surface area contributed by atoms with Crippen LogP contribution in [0.5, 0.6) is 0 Å². The minimum Gasteiger partial charge on any atom is -0.475 e. The number of nitrogens with one attached hydrogen (secondary N) is 1. The Hall–Kier alpha value is -2.87. The summed E-state index contributed by atoms with van der Waals surface area (Å²) in [6, 6.07) is 6.49. The Bertz CT molecular complexity index is 890. The van der Waals surface area contributed by atoms with Crippen LogP contribution in [-0.2, 0) is 4.79 Å². The van der Waals surface area contributed by atoms with Gasteiger partial charge in [-0.2, -0.15) is 0 Å². The topological polar surface area (TPSA) is 99.9 Å². The van der Waals surface area contributed by atoms with Crippen molar-refractivity contribution >= 4 is 35.1 Å². The molecule has 142 valence electrons. The van der Waals surface area contributed by atoms with Crippen molar-refractivity contribution in [2.24, 2.45) is 5.92 Å². The molecule has 0 aliphatic carbocycles. The first-order valence-corrected chi connectivity index (χ1v) is 8.61. The third kappa shape index (κ3) is 4.28. The van der Waals surface area contributed by atoms with Gasteiger partial charge in [0, 0.05) is 24.7 Å². The molecule has 0 saturated carbocycles. The highest BCUT2D eigenvalue weighted by Crippen LogP contribution is 2.24. The number of nitrogens with zero attached hydrogens (tertiary/aromatic N) is 1. The largest absolute Gasteiger partial charge is 0.475 e. The number of aromatic carboxylic acids is 1. The summed E-state index contributed by atoms with van der Waals surface area (Å²) in [7, 11) is 0. The Morgan fingerprint density at radius 2 is 1.81 bits per heavy atom. The number of rotatable bonds is 4. The third-order valence-corrected chi connectivity index (χ3v) is 4.66. The Balaban J connectivity index is 1.56. The van der Waals surface area contributed by atoms with Crippen LogP contribution in [-0.4, -0.2) is 40.9 Å². The second kappa shape index (κ2) is 7.79. The first-order valence-electron chi connectivity index (χ1n) is 8.23. The first-order chi connectivity index (χ1) is 12.8. The Morgan fingerprint density at radius 3 is 2.41 bits per heavy atom. The van der Waals surface area contributed by atoms with Gasteiger partial charge in [-0.15, -0.1) is 0 Å². The van der Waals surface area contributed by atoms with Crippen molar-refractivity contribution in [2.45, 2.75) is 12.8 Å². The van der Waals surface area contributed by atoms with E-state index < -0.39 is 17.7 Å². The van der Waals surface area contributed by atoms with E-state index in [-0.39, 0.29) is 28.4 Å². The quantitative estimate of drug-likeness (QED) is 0.829. The number of likely N-dealkylation sites (tertiary alicyclic amines) is 1. The molecule has 2 aromatic rings. The summed E-state index contributed by atoms with van der Waals surface area (Å²) in [6.07, 6.45) is 0.887. The van der Waals surface area contributed by atoms with Crippen molar-refractivity contribution in [1.29, 1.82) is 0 Å². The molecule has 1 saturated heterocycles. The summed E-state index contributed by atoms with van der Waals surface area (Å²) >= 11 is 5.70. The number of benzene rings is 1. The van der Waals surface area contributed by atoms with Crippen molar-refractivity contribution in [3.63, 3.8) is 0 Å². The van der Waals surface area contributed by atoms with Gasteiger partial charge in [0.2, 0.25) is 11.7 Å². The number of piperidine rings is 1. The molecule has 1 aliphatic rings. The molecule has 1 aliphatic heterocycles. The lowest BCUT2D eigenvalue weighted by Gasteiger charge is -2.30. The van der Waals surface area contributed by atoms with E-state index in [4.69, 9.17) is 21.1 Å². The molecular weight excluding hydrogens is 379 g/mol. The zero-order valence-corrected chi connectivity index (χ0v) is 14.8. The van der Waals surface area contributed by atoms with Crippen molar-refractivity contribution in [2.75, 3.05) is 18.4 Å². The summed E-state index contributed by atoms with van der Waals surface area (Å²) < 4.78 is 18.2. The molecule has 0 radical (unpaired) electrons. The number of anilines is 1.